The van der Waals surface area contributed by atoms with E-state index < -0.39 is 11.7 Å². The minimum atomic E-state index is -4.41. The van der Waals surface area contributed by atoms with Crippen LogP contribution in [0.5, 0.6) is 5.75 Å². The number of nitrogens with zero attached hydrogens (tertiary/aromatic N) is 5. The fourth-order valence-corrected chi connectivity index (χ4v) is 5.09. The number of amides is 1. The summed E-state index contributed by atoms with van der Waals surface area (Å²) in [5.74, 6) is 0.375. The van der Waals surface area contributed by atoms with Crippen molar-refractivity contribution in [1.82, 2.24) is 19.5 Å². The second-order valence-electron chi connectivity index (χ2n) is 9.72. The van der Waals surface area contributed by atoms with E-state index in [4.69, 9.17) is 9.84 Å². The summed E-state index contributed by atoms with van der Waals surface area (Å²) in [5, 5.41) is 4.80. The van der Waals surface area contributed by atoms with Crippen LogP contribution in [0.25, 0.3) is 28.2 Å². The first-order valence-electron chi connectivity index (χ1n) is 13.1. The Kier molecular flexibility index (Phi) is 6.82. The van der Waals surface area contributed by atoms with E-state index in [1.165, 1.54) is 6.07 Å². The Morgan fingerprint density at radius 2 is 1.59 bits per heavy atom. The highest BCUT2D eigenvalue weighted by atomic mass is 19.4. The van der Waals surface area contributed by atoms with Crippen molar-refractivity contribution in [2.24, 2.45) is 0 Å². The van der Waals surface area contributed by atoms with Gasteiger partial charge in [0, 0.05) is 49.1 Å². The lowest BCUT2D eigenvalue weighted by molar-refractivity contribution is -0.137. The summed E-state index contributed by atoms with van der Waals surface area (Å²) in [4.78, 5) is 22.0. The lowest BCUT2D eigenvalue weighted by Gasteiger charge is -2.36. The number of para-hydroxylation sites is 1. The third-order valence-electron chi connectivity index (χ3n) is 7.20. The van der Waals surface area contributed by atoms with Crippen molar-refractivity contribution in [1.29, 1.82) is 0 Å². The number of aromatic nitrogens is 3. The van der Waals surface area contributed by atoms with Crippen LogP contribution in [-0.4, -0.2) is 58.7 Å². The number of methoxy groups -OCH3 is 1. The first-order chi connectivity index (χ1) is 19.8. The fourth-order valence-electron chi connectivity index (χ4n) is 5.09. The summed E-state index contributed by atoms with van der Waals surface area (Å²) >= 11 is 0. The second-order valence-corrected chi connectivity index (χ2v) is 9.72. The number of ether oxygens (including phenoxy) is 1. The quantitative estimate of drug-likeness (QED) is 0.263. The zero-order valence-corrected chi connectivity index (χ0v) is 22.2. The van der Waals surface area contributed by atoms with E-state index in [1.807, 2.05) is 65.6 Å². The molecule has 1 fully saturated rings. The van der Waals surface area contributed by atoms with Crippen LogP contribution in [0.1, 0.15) is 16.1 Å². The van der Waals surface area contributed by atoms with E-state index in [0.29, 0.717) is 54.7 Å². The number of benzene rings is 3. The lowest BCUT2D eigenvalue weighted by Crippen LogP contribution is -2.49. The van der Waals surface area contributed by atoms with Crippen LogP contribution in [0.4, 0.5) is 18.9 Å². The third-order valence-corrected chi connectivity index (χ3v) is 7.20. The molecule has 208 valence electrons. The molecular formula is C31H26F3N5O2. The monoisotopic (exact) mass is 557 g/mol. The molecule has 1 amide bonds. The number of piperazine rings is 1. The van der Waals surface area contributed by atoms with E-state index in [9.17, 15) is 18.0 Å². The zero-order chi connectivity index (χ0) is 28.6. The SMILES string of the molecule is COc1ccccc1-c1cc(C(=O)N2CCN(c3cccc(C(F)(F)F)c3)CC2)nc2cc(-c3ccccc3)nn12. The summed E-state index contributed by atoms with van der Waals surface area (Å²) < 4.78 is 46.9. The van der Waals surface area contributed by atoms with Crippen LogP contribution < -0.4 is 9.64 Å². The van der Waals surface area contributed by atoms with Gasteiger partial charge in [-0.1, -0.05) is 48.5 Å². The highest BCUT2D eigenvalue weighted by Gasteiger charge is 2.31. The molecule has 0 aliphatic carbocycles. The van der Waals surface area contributed by atoms with Gasteiger partial charge in [0.1, 0.15) is 11.4 Å². The number of halogens is 3. The minimum absolute atomic E-state index is 0.255. The van der Waals surface area contributed by atoms with Gasteiger partial charge in [0.2, 0.25) is 0 Å². The number of hydrogen-bond acceptors (Lipinski definition) is 5. The van der Waals surface area contributed by atoms with E-state index in [-0.39, 0.29) is 11.6 Å². The number of carbonyl (C=O) groups excluding carboxylic acids is 1. The molecule has 1 saturated heterocycles. The standard InChI is InChI=1S/C31H26F3N5O2/c1-41-28-13-6-5-12-24(28)27-19-26(35-29-20-25(36-39(27)29)21-8-3-2-4-9-21)30(40)38-16-14-37(15-17-38)23-11-7-10-22(18-23)31(32,33)34/h2-13,18-20H,14-17H2,1H3. The maximum atomic E-state index is 13.7. The van der Waals surface area contributed by atoms with Crippen LogP contribution in [-0.2, 0) is 6.18 Å². The Morgan fingerprint density at radius 1 is 0.854 bits per heavy atom. The molecule has 41 heavy (non-hydrogen) atoms. The Labute approximate surface area is 234 Å². The Balaban J connectivity index is 1.32. The molecule has 6 rings (SSSR count). The van der Waals surface area contributed by atoms with Gasteiger partial charge in [0.25, 0.3) is 5.91 Å². The number of carbonyl (C=O) groups is 1. The molecule has 0 atom stereocenters. The maximum Gasteiger partial charge on any atom is 0.416 e. The molecule has 7 nitrogen and oxygen atoms in total. The van der Waals surface area contributed by atoms with Gasteiger partial charge < -0.3 is 14.5 Å². The molecule has 1 aliphatic heterocycles. The van der Waals surface area contributed by atoms with Crippen molar-refractivity contribution in [3.63, 3.8) is 0 Å². The average Bonchev–Trinajstić information content (AvgIpc) is 3.45. The molecule has 0 N–H and O–H groups in total. The molecule has 0 bridgehead atoms. The highest BCUT2D eigenvalue weighted by Crippen LogP contribution is 2.33. The first-order valence-corrected chi connectivity index (χ1v) is 13.1. The zero-order valence-electron chi connectivity index (χ0n) is 22.2. The topological polar surface area (TPSA) is 63.0 Å². The predicted octanol–water partition coefficient (Wildman–Crippen LogP) is 6.05. The van der Waals surface area contributed by atoms with Gasteiger partial charge in [0.15, 0.2) is 5.65 Å². The van der Waals surface area contributed by atoms with E-state index >= 15 is 0 Å². The molecular weight excluding hydrogens is 531 g/mol. The van der Waals surface area contributed by atoms with Crippen molar-refractivity contribution in [3.05, 3.63) is 102 Å². The number of hydrogen-bond donors (Lipinski definition) is 0. The Morgan fingerprint density at radius 3 is 2.32 bits per heavy atom. The van der Waals surface area contributed by atoms with Crippen LogP contribution in [0.15, 0.2) is 91.0 Å². The average molecular weight is 558 g/mol. The molecule has 0 unspecified atom stereocenters. The molecule has 0 radical (unpaired) electrons. The molecule has 2 aromatic heterocycles. The molecule has 3 aromatic carbocycles. The highest BCUT2D eigenvalue weighted by molar-refractivity contribution is 5.94. The van der Waals surface area contributed by atoms with Crippen LogP contribution in [0.3, 0.4) is 0 Å². The van der Waals surface area contributed by atoms with Crippen molar-refractivity contribution < 1.29 is 22.7 Å². The lowest BCUT2D eigenvalue weighted by atomic mass is 10.1. The third kappa shape index (κ3) is 5.20. The summed E-state index contributed by atoms with van der Waals surface area (Å²) in [5.41, 5.74) is 3.61. The molecule has 0 spiro atoms. The fraction of sp³-hybridized carbons (Fsp3) is 0.194. The first kappa shape index (κ1) is 26.4. The van der Waals surface area contributed by atoms with Gasteiger partial charge >= 0.3 is 6.18 Å². The van der Waals surface area contributed by atoms with E-state index in [2.05, 4.69) is 4.98 Å². The number of alkyl halides is 3. The summed E-state index contributed by atoms with van der Waals surface area (Å²) in [6.07, 6.45) is -4.41. The van der Waals surface area contributed by atoms with Crippen LogP contribution in [0.2, 0.25) is 0 Å². The van der Waals surface area contributed by atoms with E-state index in [0.717, 1.165) is 23.3 Å². The van der Waals surface area contributed by atoms with Crippen LogP contribution >= 0.6 is 0 Å². The Hall–Kier alpha value is -4.86. The number of rotatable bonds is 5. The van der Waals surface area contributed by atoms with Gasteiger partial charge in [-0.2, -0.15) is 18.3 Å². The molecule has 0 saturated carbocycles. The van der Waals surface area contributed by atoms with Crippen molar-refractivity contribution in [2.45, 2.75) is 6.18 Å². The summed E-state index contributed by atoms with van der Waals surface area (Å²) in [6.45, 7) is 1.50. The summed E-state index contributed by atoms with van der Waals surface area (Å²) in [7, 11) is 1.59. The predicted molar refractivity (Wildman–Crippen MR) is 150 cm³/mol. The normalized spacial score (nSPS) is 14.0. The number of fused-ring (bicyclic) bond motifs is 1. The van der Waals surface area contributed by atoms with Gasteiger partial charge in [-0.3, -0.25) is 4.79 Å². The summed E-state index contributed by atoms with van der Waals surface area (Å²) in [6, 6.07) is 26.1. The van der Waals surface area contributed by atoms with Crippen molar-refractivity contribution in [2.75, 3.05) is 38.2 Å². The molecule has 5 aromatic rings. The van der Waals surface area contributed by atoms with Crippen LogP contribution in [0, 0.1) is 0 Å². The minimum Gasteiger partial charge on any atom is -0.496 e. The van der Waals surface area contributed by atoms with Gasteiger partial charge in [-0.15, -0.1) is 0 Å². The van der Waals surface area contributed by atoms with Gasteiger partial charge in [-0.05, 0) is 36.4 Å². The van der Waals surface area contributed by atoms with Crippen molar-refractivity contribution in [3.8, 4) is 28.3 Å². The Bertz CT molecular complexity index is 1710. The number of anilines is 1. The van der Waals surface area contributed by atoms with Gasteiger partial charge in [0.05, 0.1) is 24.1 Å². The van der Waals surface area contributed by atoms with Gasteiger partial charge in [-0.25, -0.2) is 9.50 Å². The smallest absolute Gasteiger partial charge is 0.416 e. The molecule has 1 aliphatic rings. The molecule has 10 heteroatoms. The largest absolute Gasteiger partial charge is 0.496 e. The van der Waals surface area contributed by atoms with Crippen molar-refractivity contribution >= 4 is 17.2 Å². The maximum absolute atomic E-state index is 13.7. The molecule has 3 heterocycles. The van der Waals surface area contributed by atoms with E-state index in [1.54, 1.807) is 28.7 Å². The second kappa shape index (κ2) is 10.6.